The smallest absolute Gasteiger partial charge is 0.261 e. The summed E-state index contributed by atoms with van der Waals surface area (Å²) in [5.74, 6) is -0.120. The lowest BCUT2D eigenvalue weighted by Gasteiger charge is -2.30. The lowest BCUT2D eigenvalue weighted by atomic mass is 10.1. The van der Waals surface area contributed by atoms with Crippen LogP contribution in [0.1, 0.15) is 12.5 Å². The van der Waals surface area contributed by atoms with Crippen LogP contribution in [-0.4, -0.2) is 73.7 Å². The largest absolute Gasteiger partial charge is 0.482 e. The van der Waals surface area contributed by atoms with E-state index in [0.717, 1.165) is 25.2 Å². The van der Waals surface area contributed by atoms with E-state index in [4.69, 9.17) is 32.7 Å². The molecule has 2 amide bonds. The predicted octanol–water partition coefficient (Wildman–Crippen LogP) is 3.24. The van der Waals surface area contributed by atoms with Crippen molar-refractivity contribution in [2.75, 3.05) is 46.0 Å². The summed E-state index contributed by atoms with van der Waals surface area (Å²) >= 11 is 12.1. The minimum Gasteiger partial charge on any atom is -0.482 e. The molecule has 1 saturated heterocycles. The molecule has 1 heterocycles. The summed E-state index contributed by atoms with van der Waals surface area (Å²) in [6, 6.07) is 13.4. The van der Waals surface area contributed by atoms with Gasteiger partial charge in [-0.25, -0.2) is 0 Å². The summed E-state index contributed by atoms with van der Waals surface area (Å²) in [4.78, 5) is 29.7. The Kier molecular flexibility index (Phi) is 9.81. The topological polar surface area (TPSA) is 71.1 Å². The van der Waals surface area contributed by atoms with Gasteiger partial charge in [0.15, 0.2) is 6.61 Å². The minimum atomic E-state index is -0.687. The van der Waals surface area contributed by atoms with Gasteiger partial charge in [-0.15, -0.1) is 0 Å². The van der Waals surface area contributed by atoms with Crippen molar-refractivity contribution in [3.63, 3.8) is 0 Å². The molecule has 9 heteroatoms. The van der Waals surface area contributed by atoms with E-state index < -0.39 is 6.04 Å². The molecule has 1 unspecified atom stereocenters. The molecule has 1 aliphatic rings. The van der Waals surface area contributed by atoms with Crippen LogP contribution in [0, 0.1) is 0 Å². The summed E-state index contributed by atoms with van der Waals surface area (Å²) in [5, 5.41) is 3.97. The highest BCUT2D eigenvalue weighted by molar-refractivity contribution is 6.32. The van der Waals surface area contributed by atoms with Crippen LogP contribution in [0.3, 0.4) is 0 Å². The molecule has 1 fully saturated rings. The average Bonchev–Trinajstić information content (AvgIpc) is 2.83. The molecule has 1 aliphatic heterocycles. The molecule has 0 saturated carbocycles. The molecular formula is C24H29Cl2N3O4. The van der Waals surface area contributed by atoms with Gasteiger partial charge in [-0.1, -0.05) is 47.5 Å². The van der Waals surface area contributed by atoms with Crippen LogP contribution >= 0.6 is 23.2 Å². The van der Waals surface area contributed by atoms with Gasteiger partial charge >= 0.3 is 0 Å². The third kappa shape index (κ3) is 7.89. The van der Waals surface area contributed by atoms with E-state index in [1.807, 2.05) is 12.1 Å². The zero-order valence-corrected chi connectivity index (χ0v) is 20.1. The highest BCUT2D eigenvalue weighted by Crippen LogP contribution is 2.23. The first-order valence-corrected chi connectivity index (χ1v) is 11.7. The summed E-state index contributed by atoms with van der Waals surface area (Å²) < 4.78 is 11.0. The molecular weight excluding hydrogens is 465 g/mol. The van der Waals surface area contributed by atoms with E-state index in [9.17, 15) is 9.59 Å². The molecule has 3 rings (SSSR count). The summed E-state index contributed by atoms with van der Waals surface area (Å²) in [6.45, 7) is 6.09. The number of para-hydroxylation sites is 1. The maximum absolute atomic E-state index is 13.1. The van der Waals surface area contributed by atoms with Crippen molar-refractivity contribution < 1.29 is 19.1 Å². The van der Waals surface area contributed by atoms with Crippen molar-refractivity contribution in [3.05, 3.63) is 64.1 Å². The monoisotopic (exact) mass is 493 g/mol. The number of hydrogen-bond acceptors (Lipinski definition) is 5. The van der Waals surface area contributed by atoms with Gasteiger partial charge in [0.25, 0.3) is 5.91 Å². The zero-order chi connectivity index (χ0) is 23.6. The van der Waals surface area contributed by atoms with Crippen LogP contribution < -0.4 is 10.1 Å². The summed E-state index contributed by atoms with van der Waals surface area (Å²) in [6.07, 6.45) is 0. The average molecular weight is 494 g/mol. The number of halogens is 2. The van der Waals surface area contributed by atoms with Gasteiger partial charge in [-0.2, -0.15) is 0 Å². The molecule has 178 valence electrons. The SMILES string of the molecule is CC(C(=O)NCCN1CCOCC1)N(Cc1ccc(Cl)cc1)C(=O)COc1ccccc1Cl. The molecule has 0 spiro atoms. The summed E-state index contributed by atoms with van der Waals surface area (Å²) in [5.41, 5.74) is 0.860. The number of ether oxygens (including phenoxy) is 2. The number of carbonyl (C=O) groups excluding carboxylic acids is 2. The maximum Gasteiger partial charge on any atom is 0.261 e. The van der Waals surface area contributed by atoms with Gasteiger partial charge in [-0.05, 0) is 36.8 Å². The second-order valence-electron chi connectivity index (χ2n) is 7.79. The van der Waals surface area contributed by atoms with E-state index in [2.05, 4.69) is 10.2 Å². The van der Waals surface area contributed by atoms with E-state index >= 15 is 0 Å². The molecule has 0 radical (unpaired) electrons. The standard InChI is InChI=1S/C24H29Cl2N3O4/c1-18(24(31)27-10-11-28-12-14-32-15-13-28)29(16-19-6-8-20(25)9-7-19)23(30)17-33-22-5-3-2-4-21(22)26/h2-9,18H,10-17H2,1H3,(H,27,31). The Hall–Kier alpha value is -2.32. The molecule has 33 heavy (non-hydrogen) atoms. The Morgan fingerprint density at radius 2 is 1.82 bits per heavy atom. The second kappa shape index (κ2) is 12.8. The zero-order valence-electron chi connectivity index (χ0n) is 18.6. The molecule has 0 aliphatic carbocycles. The van der Waals surface area contributed by atoms with Crippen LogP contribution in [0.4, 0.5) is 0 Å². The van der Waals surface area contributed by atoms with Crippen LogP contribution in [0.2, 0.25) is 10.0 Å². The molecule has 7 nitrogen and oxygen atoms in total. The van der Waals surface area contributed by atoms with Crippen molar-refractivity contribution in [1.29, 1.82) is 0 Å². The molecule has 2 aromatic rings. The fourth-order valence-corrected chi connectivity index (χ4v) is 3.78. The van der Waals surface area contributed by atoms with Gasteiger partial charge in [0.1, 0.15) is 11.8 Å². The van der Waals surface area contributed by atoms with E-state index in [1.54, 1.807) is 43.3 Å². The number of rotatable bonds is 10. The van der Waals surface area contributed by atoms with Crippen molar-refractivity contribution in [1.82, 2.24) is 15.1 Å². The highest BCUT2D eigenvalue weighted by Gasteiger charge is 2.26. The van der Waals surface area contributed by atoms with Gasteiger partial charge in [0, 0.05) is 37.7 Å². The van der Waals surface area contributed by atoms with Crippen molar-refractivity contribution in [2.45, 2.75) is 19.5 Å². The Morgan fingerprint density at radius 1 is 1.12 bits per heavy atom. The van der Waals surface area contributed by atoms with Gasteiger partial charge in [-0.3, -0.25) is 14.5 Å². The molecule has 1 atom stereocenters. The van der Waals surface area contributed by atoms with Crippen LogP contribution in [0.15, 0.2) is 48.5 Å². The number of nitrogens with zero attached hydrogens (tertiary/aromatic N) is 2. The van der Waals surface area contributed by atoms with E-state index in [1.165, 1.54) is 4.90 Å². The normalized spacial score (nSPS) is 15.0. The van der Waals surface area contributed by atoms with Crippen molar-refractivity contribution in [3.8, 4) is 5.75 Å². The second-order valence-corrected chi connectivity index (χ2v) is 8.63. The van der Waals surface area contributed by atoms with Gasteiger partial charge < -0.3 is 19.7 Å². The number of morpholine rings is 1. The minimum absolute atomic E-state index is 0.219. The first-order valence-electron chi connectivity index (χ1n) is 10.9. The number of nitrogens with one attached hydrogen (secondary N) is 1. The van der Waals surface area contributed by atoms with Crippen LogP contribution in [-0.2, 0) is 20.9 Å². The summed E-state index contributed by atoms with van der Waals surface area (Å²) in [7, 11) is 0. The number of benzene rings is 2. The Bertz CT molecular complexity index is 920. The van der Waals surface area contributed by atoms with Crippen LogP contribution in [0.25, 0.3) is 0 Å². The Labute approximate surface area is 204 Å². The highest BCUT2D eigenvalue weighted by atomic mass is 35.5. The Morgan fingerprint density at radius 3 is 2.52 bits per heavy atom. The van der Waals surface area contributed by atoms with E-state index in [-0.39, 0.29) is 25.0 Å². The quantitative estimate of drug-likeness (QED) is 0.549. The van der Waals surface area contributed by atoms with E-state index in [0.29, 0.717) is 35.6 Å². The third-order valence-electron chi connectivity index (χ3n) is 5.45. The first-order chi connectivity index (χ1) is 15.9. The number of amides is 2. The lowest BCUT2D eigenvalue weighted by Crippen LogP contribution is -2.50. The number of hydrogen-bond donors (Lipinski definition) is 1. The lowest BCUT2D eigenvalue weighted by molar-refractivity contribution is -0.142. The maximum atomic E-state index is 13.1. The van der Waals surface area contributed by atoms with Crippen LogP contribution in [0.5, 0.6) is 5.75 Å². The fourth-order valence-electron chi connectivity index (χ4n) is 3.46. The predicted molar refractivity (Wildman–Crippen MR) is 129 cm³/mol. The third-order valence-corrected chi connectivity index (χ3v) is 6.02. The number of carbonyl (C=O) groups is 2. The molecule has 1 N–H and O–H groups in total. The fraction of sp³-hybridized carbons (Fsp3) is 0.417. The van der Waals surface area contributed by atoms with Gasteiger partial charge in [0.2, 0.25) is 5.91 Å². The Balaban J connectivity index is 1.62. The molecule has 2 aromatic carbocycles. The van der Waals surface area contributed by atoms with Crippen molar-refractivity contribution >= 4 is 35.0 Å². The molecule has 0 aromatic heterocycles. The molecule has 0 bridgehead atoms. The van der Waals surface area contributed by atoms with Gasteiger partial charge in [0.05, 0.1) is 18.2 Å². The van der Waals surface area contributed by atoms with Crippen molar-refractivity contribution in [2.24, 2.45) is 0 Å². The first kappa shape index (κ1) is 25.3.